The molecule has 0 radical (unpaired) electrons. The van der Waals surface area contributed by atoms with E-state index < -0.39 is 10.0 Å². The molecule has 0 spiro atoms. The van der Waals surface area contributed by atoms with E-state index in [0.717, 1.165) is 24.5 Å². The number of nitrogens with zero attached hydrogens (tertiary/aromatic N) is 4. The standard InChI is InChI=1S/C22H27ClN4O3S/c23-20-6-7-21(24-16-20)25-12-14-26(15-13-25)22(28)19-8-10-27(11-9-19)31(29,30)17-18-4-2-1-3-5-18/h1-7,16,19H,8-15,17H2. The highest BCUT2D eigenvalue weighted by Crippen LogP contribution is 2.24. The summed E-state index contributed by atoms with van der Waals surface area (Å²) in [5, 5.41) is 0.606. The van der Waals surface area contributed by atoms with Crippen LogP contribution in [0, 0.1) is 5.92 Å². The molecule has 31 heavy (non-hydrogen) atoms. The average molecular weight is 463 g/mol. The van der Waals surface area contributed by atoms with E-state index in [1.165, 1.54) is 4.31 Å². The largest absolute Gasteiger partial charge is 0.353 e. The van der Waals surface area contributed by atoms with E-state index in [1.807, 2.05) is 47.4 Å². The van der Waals surface area contributed by atoms with Gasteiger partial charge in [-0.15, -0.1) is 0 Å². The number of piperidine rings is 1. The van der Waals surface area contributed by atoms with Crippen LogP contribution in [0.15, 0.2) is 48.7 Å². The number of rotatable bonds is 5. The van der Waals surface area contributed by atoms with Crippen LogP contribution >= 0.6 is 11.6 Å². The third kappa shape index (κ3) is 5.37. The number of hydrogen-bond donors (Lipinski definition) is 0. The van der Waals surface area contributed by atoms with Gasteiger partial charge in [0.05, 0.1) is 10.8 Å². The zero-order chi connectivity index (χ0) is 21.8. The SMILES string of the molecule is O=C(C1CCN(S(=O)(=O)Cc2ccccc2)CC1)N1CCN(c2ccc(Cl)cn2)CC1. The molecule has 0 unspecified atom stereocenters. The molecule has 9 heteroatoms. The van der Waals surface area contributed by atoms with Gasteiger partial charge in [0.15, 0.2) is 0 Å². The fourth-order valence-corrected chi connectivity index (χ4v) is 5.90. The van der Waals surface area contributed by atoms with Crippen LogP contribution in [0.5, 0.6) is 0 Å². The Morgan fingerprint density at radius 3 is 2.26 bits per heavy atom. The van der Waals surface area contributed by atoms with E-state index in [4.69, 9.17) is 11.6 Å². The summed E-state index contributed by atoms with van der Waals surface area (Å²) in [4.78, 5) is 21.4. The first-order valence-electron chi connectivity index (χ1n) is 10.6. The quantitative estimate of drug-likeness (QED) is 0.682. The number of amides is 1. The van der Waals surface area contributed by atoms with E-state index in [1.54, 1.807) is 6.20 Å². The first-order valence-corrected chi connectivity index (χ1v) is 12.6. The second-order valence-corrected chi connectivity index (χ2v) is 10.5. The number of carbonyl (C=O) groups excluding carboxylic acids is 1. The van der Waals surface area contributed by atoms with Crippen molar-refractivity contribution in [1.29, 1.82) is 0 Å². The van der Waals surface area contributed by atoms with E-state index in [9.17, 15) is 13.2 Å². The molecule has 2 fully saturated rings. The summed E-state index contributed by atoms with van der Waals surface area (Å²) in [5.74, 6) is 0.910. The maximum Gasteiger partial charge on any atom is 0.225 e. The maximum absolute atomic E-state index is 13.0. The summed E-state index contributed by atoms with van der Waals surface area (Å²) >= 11 is 5.91. The van der Waals surface area contributed by atoms with Crippen molar-refractivity contribution in [2.45, 2.75) is 18.6 Å². The fourth-order valence-electron chi connectivity index (χ4n) is 4.23. The minimum atomic E-state index is -3.37. The lowest BCUT2D eigenvalue weighted by molar-refractivity contribution is -0.137. The summed E-state index contributed by atoms with van der Waals surface area (Å²) in [7, 11) is -3.37. The minimum Gasteiger partial charge on any atom is -0.353 e. The van der Waals surface area contributed by atoms with Gasteiger partial charge < -0.3 is 9.80 Å². The molecular formula is C22H27ClN4O3S. The van der Waals surface area contributed by atoms with Crippen LogP contribution in [-0.2, 0) is 20.6 Å². The van der Waals surface area contributed by atoms with Gasteiger partial charge in [0.1, 0.15) is 5.82 Å². The highest BCUT2D eigenvalue weighted by molar-refractivity contribution is 7.88. The molecule has 0 atom stereocenters. The number of aromatic nitrogens is 1. The molecule has 1 aromatic carbocycles. The number of anilines is 1. The van der Waals surface area contributed by atoms with E-state index in [-0.39, 0.29) is 17.6 Å². The number of benzene rings is 1. The van der Waals surface area contributed by atoms with Gasteiger partial charge in [0.2, 0.25) is 15.9 Å². The van der Waals surface area contributed by atoms with Crippen LogP contribution in [0.25, 0.3) is 0 Å². The van der Waals surface area contributed by atoms with Crippen LogP contribution in [0.4, 0.5) is 5.82 Å². The van der Waals surface area contributed by atoms with Crippen LogP contribution in [0.1, 0.15) is 18.4 Å². The summed E-state index contributed by atoms with van der Waals surface area (Å²) in [5.41, 5.74) is 0.786. The summed E-state index contributed by atoms with van der Waals surface area (Å²) in [6.45, 7) is 3.56. The molecule has 0 aliphatic carbocycles. The molecule has 2 aliphatic heterocycles. The highest BCUT2D eigenvalue weighted by atomic mass is 35.5. The van der Waals surface area contributed by atoms with E-state index in [2.05, 4.69) is 9.88 Å². The van der Waals surface area contributed by atoms with Crippen molar-refractivity contribution in [3.8, 4) is 0 Å². The zero-order valence-electron chi connectivity index (χ0n) is 17.4. The first-order chi connectivity index (χ1) is 14.9. The Bertz CT molecular complexity index is 985. The molecule has 3 heterocycles. The predicted molar refractivity (Wildman–Crippen MR) is 121 cm³/mol. The Morgan fingerprint density at radius 1 is 0.968 bits per heavy atom. The van der Waals surface area contributed by atoms with Crippen LogP contribution < -0.4 is 4.90 Å². The topological polar surface area (TPSA) is 73.8 Å². The Kier molecular flexibility index (Phi) is 6.79. The monoisotopic (exact) mass is 462 g/mol. The molecule has 0 N–H and O–H groups in total. The lowest BCUT2D eigenvalue weighted by Crippen LogP contribution is -2.52. The molecule has 2 aromatic rings. The van der Waals surface area contributed by atoms with E-state index in [0.29, 0.717) is 44.0 Å². The molecule has 1 amide bonds. The second-order valence-electron chi connectivity index (χ2n) is 8.06. The van der Waals surface area contributed by atoms with Crippen molar-refractivity contribution < 1.29 is 13.2 Å². The number of hydrogen-bond acceptors (Lipinski definition) is 5. The minimum absolute atomic E-state index is 0.00709. The maximum atomic E-state index is 13.0. The van der Waals surface area contributed by atoms with Crippen molar-refractivity contribution in [3.05, 3.63) is 59.2 Å². The van der Waals surface area contributed by atoms with Gasteiger partial charge in [0.25, 0.3) is 0 Å². The first kappa shape index (κ1) is 22.0. The van der Waals surface area contributed by atoms with Gasteiger partial charge in [-0.2, -0.15) is 0 Å². The van der Waals surface area contributed by atoms with Crippen molar-refractivity contribution in [3.63, 3.8) is 0 Å². The van der Waals surface area contributed by atoms with Crippen molar-refractivity contribution in [1.82, 2.24) is 14.2 Å². The zero-order valence-corrected chi connectivity index (χ0v) is 18.9. The number of halogens is 1. The van der Waals surface area contributed by atoms with Gasteiger partial charge in [0, 0.05) is 51.4 Å². The molecule has 2 saturated heterocycles. The fraction of sp³-hybridized carbons (Fsp3) is 0.455. The van der Waals surface area contributed by atoms with Gasteiger partial charge in [-0.05, 0) is 30.5 Å². The van der Waals surface area contributed by atoms with Crippen LogP contribution in [0.3, 0.4) is 0 Å². The van der Waals surface area contributed by atoms with E-state index >= 15 is 0 Å². The summed E-state index contributed by atoms with van der Waals surface area (Å²) < 4.78 is 27.0. The summed E-state index contributed by atoms with van der Waals surface area (Å²) in [6, 6.07) is 12.9. The third-order valence-corrected chi connectivity index (χ3v) is 8.09. The summed E-state index contributed by atoms with van der Waals surface area (Å²) in [6.07, 6.45) is 2.78. The smallest absolute Gasteiger partial charge is 0.225 e. The van der Waals surface area contributed by atoms with Gasteiger partial charge in [-0.3, -0.25) is 4.79 Å². The van der Waals surface area contributed by atoms with Crippen LogP contribution in [0.2, 0.25) is 5.02 Å². The lowest BCUT2D eigenvalue weighted by Gasteiger charge is -2.38. The molecule has 166 valence electrons. The normalized spacial score (nSPS) is 18.9. The number of piperazine rings is 1. The van der Waals surface area contributed by atoms with Crippen molar-refractivity contribution in [2.24, 2.45) is 5.92 Å². The molecule has 7 nitrogen and oxygen atoms in total. The average Bonchev–Trinajstić information content (AvgIpc) is 2.80. The molecule has 0 bridgehead atoms. The lowest BCUT2D eigenvalue weighted by atomic mass is 9.96. The molecule has 4 rings (SSSR count). The molecule has 1 aromatic heterocycles. The predicted octanol–water partition coefficient (Wildman–Crippen LogP) is 2.63. The highest BCUT2D eigenvalue weighted by Gasteiger charge is 2.34. The molecule has 2 aliphatic rings. The van der Waals surface area contributed by atoms with Gasteiger partial charge in [-0.1, -0.05) is 41.9 Å². The van der Waals surface area contributed by atoms with Gasteiger partial charge >= 0.3 is 0 Å². The Balaban J connectivity index is 1.27. The third-order valence-electron chi connectivity index (χ3n) is 6.02. The van der Waals surface area contributed by atoms with Crippen LogP contribution in [-0.4, -0.2) is 67.8 Å². The Morgan fingerprint density at radius 2 is 1.65 bits per heavy atom. The van der Waals surface area contributed by atoms with Gasteiger partial charge in [-0.25, -0.2) is 17.7 Å². The molecular weight excluding hydrogens is 436 g/mol. The number of carbonyl (C=O) groups is 1. The van der Waals surface area contributed by atoms with Crippen molar-refractivity contribution >= 4 is 33.3 Å². The molecule has 0 saturated carbocycles. The Labute approximate surface area is 188 Å². The second kappa shape index (κ2) is 9.54. The number of pyridine rings is 1. The Hall–Kier alpha value is -2.16. The van der Waals surface area contributed by atoms with Crippen molar-refractivity contribution in [2.75, 3.05) is 44.2 Å². The number of sulfonamides is 1.